The number of anilines is 1. The van der Waals surface area contributed by atoms with E-state index in [0.717, 1.165) is 37.8 Å². The molecule has 4 saturated heterocycles. The second kappa shape index (κ2) is 14.4. The standard InChI is InChI=1S/C38H42ClF3N8O2/c39-30-5-1-4-28(32(30)24-7-8-24)34-33(42)35-29(19-44-34)36(46-37(45-35)52-23-38-11-3-14-49(38)21-26(41)18-38)48-16-17-50(27(22-48)9-12-43)31(51)6-2-13-47-15-10-25(40)20-47/h1-2,4-6,19,24-27H,3,7-11,13-18,20-23H2/b6-2+/t25-,26-,27+,38+/m1/s1. The Bertz CT molecular complexity index is 1920. The van der Waals surface area contributed by atoms with Crippen LogP contribution in [-0.4, -0.2) is 118 Å². The summed E-state index contributed by atoms with van der Waals surface area (Å²) in [7, 11) is 0. The summed E-state index contributed by atoms with van der Waals surface area (Å²) < 4.78 is 51.3. The number of pyridine rings is 1. The van der Waals surface area contributed by atoms with E-state index in [9.17, 15) is 18.8 Å². The Labute approximate surface area is 306 Å². The molecule has 0 bridgehead atoms. The summed E-state index contributed by atoms with van der Waals surface area (Å²) in [5, 5.41) is 10.7. The quantitative estimate of drug-likeness (QED) is 0.238. The number of aromatic nitrogens is 3. The second-order valence-corrected chi connectivity index (χ2v) is 15.3. The monoisotopic (exact) mass is 734 g/mol. The van der Waals surface area contributed by atoms with Crippen molar-refractivity contribution in [2.24, 2.45) is 0 Å². The van der Waals surface area contributed by atoms with Crippen molar-refractivity contribution < 1.29 is 22.7 Å². The van der Waals surface area contributed by atoms with Crippen LogP contribution in [0.2, 0.25) is 5.02 Å². The molecule has 0 unspecified atom stereocenters. The van der Waals surface area contributed by atoms with Gasteiger partial charge in [-0.3, -0.25) is 19.6 Å². The van der Waals surface area contributed by atoms with Gasteiger partial charge in [-0.1, -0.05) is 29.8 Å². The van der Waals surface area contributed by atoms with Crippen LogP contribution in [0.15, 0.2) is 36.5 Å². The highest BCUT2D eigenvalue weighted by atomic mass is 35.5. The van der Waals surface area contributed by atoms with E-state index in [1.54, 1.807) is 23.2 Å². The first kappa shape index (κ1) is 35.1. The average Bonchev–Trinajstić information content (AvgIpc) is 3.65. The van der Waals surface area contributed by atoms with Crippen molar-refractivity contribution in [1.29, 1.82) is 5.26 Å². The Morgan fingerprint density at radius 3 is 2.75 bits per heavy atom. The van der Waals surface area contributed by atoms with Gasteiger partial charge in [-0.05, 0) is 56.2 Å². The number of piperazine rings is 1. The minimum absolute atomic E-state index is 0.0219. The molecule has 0 spiro atoms. The van der Waals surface area contributed by atoms with Crippen LogP contribution in [0, 0.1) is 17.1 Å². The summed E-state index contributed by atoms with van der Waals surface area (Å²) in [6.07, 6.45) is 7.68. The van der Waals surface area contributed by atoms with Crippen LogP contribution in [0.5, 0.6) is 6.01 Å². The number of halogens is 4. The van der Waals surface area contributed by atoms with Gasteiger partial charge in [0.25, 0.3) is 0 Å². The zero-order valence-electron chi connectivity index (χ0n) is 29.0. The summed E-state index contributed by atoms with van der Waals surface area (Å²) in [5.74, 6) is -0.207. The van der Waals surface area contributed by atoms with Crippen LogP contribution in [-0.2, 0) is 4.79 Å². The molecular formula is C38H42ClF3N8O2. The van der Waals surface area contributed by atoms with Gasteiger partial charge < -0.3 is 14.5 Å². The number of nitrogens with zero attached hydrogens (tertiary/aromatic N) is 8. The fourth-order valence-corrected chi connectivity index (χ4v) is 8.99. The molecule has 274 valence electrons. The largest absolute Gasteiger partial charge is 0.461 e. The molecular weight excluding hydrogens is 693 g/mol. The Kier molecular flexibility index (Phi) is 9.74. The van der Waals surface area contributed by atoms with Gasteiger partial charge in [0, 0.05) is 75.1 Å². The molecule has 14 heteroatoms. The average molecular weight is 735 g/mol. The maximum absolute atomic E-state index is 16.8. The van der Waals surface area contributed by atoms with Crippen molar-refractivity contribution in [1.82, 2.24) is 29.7 Å². The number of likely N-dealkylation sites (tertiary alicyclic amines) is 1. The van der Waals surface area contributed by atoms with E-state index in [0.29, 0.717) is 73.9 Å². The third kappa shape index (κ3) is 6.81. The van der Waals surface area contributed by atoms with Crippen LogP contribution < -0.4 is 9.64 Å². The van der Waals surface area contributed by atoms with Gasteiger partial charge in [0.2, 0.25) is 5.91 Å². The van der Waals surface area contributed by atoms with E-state index in [2.05, 4.69) is 20.9 Å². The maximum Gasteiger partial charge on any atom is 0.319 e. The molecule has 1 aliphatic carbocycles. The number of amides is 1. The SMILES string of the molecule is N#CC[C@H]1CN(c2nc(OC[C@@]34CCCN3C[C@H](F)C4)nc3c(F)c(-c4cccc(Cl)c4C4CC4)ncc23)CCN1C(=O)/C=C/CN1CC[C@@H](F)C1. The minimum Gasteiger partial charge on any atom is -0.461 e. The Hall–Kier alpha value is -3.99. The number of ether oxygens (including phenoxy) is 1. The second-order valence-electron chi connectivity index (χ2n) is 14.9. The minimum atomic E-state index is -0.935. The van der Waals surface area contributed by atoms with Gasteiger partial charge in [-0.15, -0.1) is 0 Å². The van der Waals surface area contributed by atoms with Gasteiger partial charge in [0.15, 0.2) is 5.82 Å². The highest BCUT2D eigenvalue weighted by Gasteiger charge is 2.49. The van der Waals surface area contributed by atoms with Crippen molar-refractivity contribution in [2.75, 3.05) is 63.9 Å². The van der Waals surface area contributed by atoms with Crippen LogP contribution in [0.1, 0.15) is 56.4 Å². The fourth-order valence-electron chi connectivity index (χ4n) is 8.66. The van der Waals surface area contributed by atoms with E-state index in [1.165, 1.54) is 6.08 Å². The molecule has 4 atom stereocenters. The lowest BCUT2D eigenvalue weighted by Gasteiger charge is -2.41. The predicted molar refractivity (Wildman–Crippen MR) is 191 cm³/mol. The first-order chi connectivity index (χ1) is 25.2. The van der Waals surface area contributed by atoms with Gasteiger partial charge in [-0.25, -0.2) is 13.2 Å². The molecule has 1 saturated carbocycles. The topological polar surface area (TPSA) is 102 Å². The van der Waals surface area contributed by atoms with Crippen LogP contribution in [0.3, 0.4) is 0 Å². The van der Waals surface area contributed by atoms with Crippen LogP contribution in [0.25, 0.3) is 22.2 Å². The number of hydrogen-bond donors (Lipinski definition) is 0. The summed E-state index contributed by atoms with van der Waals surface area (Å²) in [5.41, 5.74) is 1.23. The third-order valence-electron chi connectivity index (χ3n) is 11.4. The normalized spacial score (nSPS) is 26.8. The number of hydrogen-bond acceptors (Lipinski definition) is 9. The molecule has 0 radical (unpaired) electrons. The summed E-state index contributed by atoms with van der Waals surface area (Å²) in [6, 6.07) is 7.15. The molecule has 52 heavy (non-hydrogen) atoms. The van der Waals surface area contributed by atoms with Crippen molar-refractivity contribution in [3.8, 4) is 23.3 Å². The molecule has 3 aromatic rings. The molecule has 10 nitrogen and oxygen atoms in total. The molecule has 1 amide bonds. The van der Waals surface area contributed by atoms with E-state index in [4.69, 9.17) is 21.3 Å². The first-order valence-corrected chi connectivity index (χ1v) is 18.7. The molecule has 2 aromatic heterocycles. The first-order valence-electron chi connectivity index (χ1n) is 18.4. The predicted octanol–water partition coefficient (Wildman–Crippen LogP) is 5.85. The number of benzene rings is 1. The molecule has 6 heterocycles. The van der Waals surface area contributed by atoms with Crippen molar-refractivity contribution >= 4 is 34.2 Å². The highest BCUT2D eigenvalue weighted by Crippen LogP contribution is 2.48. The molecule has 5 aliphatic rings. The summed E-state index contributed by atoms with van der Waals surface area (Å²) in [4.78, 5) is 35.1. The number of fused-ring (bicyclic) bond motifs is 2. The zero-order chi connectivity index (χ0) is 36.0. The third-order valence-corrected chi connectivity index (χ3v) is 11.7. The number of alkyl halides is 2. The van der Waals surface area contributed by atoms with Crippen molar-refractivity contribution in [3.05, 3.63) is 53.0 Å². The highest BCUT2D eigenvalue weighted by molar-refractivity contribution is 6.32. The van der Waals surface area contributed by atoms with Crippen molar-refractivity contribution in [3.63, 3.8) is 0 Å². The molecule has 1 aromatic carbocycles. The number of rotatable bonds is 10. The van der Waals surface area contributed by atoms with Gasteiger partial charge in [-0.2, -0.15) is 15.2 Å². The molecule has 5 fully saturated rings. The van der Waals surface area contributed by atoms with Crippen molar-refractivity contribution in [2.45, 2.75) is 74.8 Å². The van der Waals surface area contributed by atoms with E-state index in [1.807, 2.05) is 21.9 Å². The van der Waals surface area contributed by atoms with E-state index >= 15 is 4.39 Å². The Morgan fingerprint density at radius 1 is 1.10 bits per heavy atom. The fraction of sp³-hybridized carbons (Fsp3) is 0.553. The van der Waals surface area contributed by atoms with Gasteiger partial charge in [0.1, 0.15) is 36.0 Å². The maximum atomic E-state index is 16.8. The summed E-state index contributed by atoms with van der Waals surface area (Å²) >= 11 is 6.63. The number of carbonyl (C=O) groups is 1. The van der Waals surface area contributed by atoms with Gasteiger partial charge in [0.05, 0.1) is 29.5 Å². The molecule has 4 aliphatic heterocycles. The Balaban J connectivity index is 1.11. The summed E-state index contributed by atoms with van der Waals surface area (Å²) in [6.45, 7) is 3.75. The molecule has 0 N–H and O–H groups in total. The lowest BCUT2D eigenvalue weighted by molar-refractivity contribution is -0.128. The van der Waals surface area contributed by atoms with Gasteiger partial charge >= 0.3 is 6.01 Å². The van der Waals surface area contributed by atoms with Crippen LogP contribution in [0.4, 0.5) is 19.0 Å². The zero-order valence-corrected chi connectivity index (χ0v) is 29.7. The lowest BCUT2D eigenvalue weighted by atomic mass is 9.95. The Morgan fingerprint density at radius 2 is 1.96 bits per heavy atom. The number of carbonyl (C=O) groups excluding carboxylic acids is 1. The van der Waals surface area contributed by atoms with E-state index < -0.39 is 29.7 Å². The van der Waals surface area contributed by atoms with E-state index in [-0.39, 0.29) is 48.6 Å². The lowest BCUT2D eigenvalue weighted by Crippen LogP contribution is -2.55. The van der Waals surface area contributed by atoms with Crippen LogP contribution >= 0.6 is 11.6 Å². The number of nitriles is 1. The smallest absolute Gasteiger partial charge is 0.319 e. The molecule has 8 rings (SSSR count).